The molecule has 0 saturated heterocycles. The lowest BCUT2D eigenvalue weighted by molar-refractivity contribution is 0.829. The molecule has 2 rings (SSSR count). The summed E-state index contributed by atoms with van der Waals surface area (Å²) in [4.78, 5) is 0. The molecule has 0 heterocycles. The third-order valence-electron chi connectivity index (χ3n) is 3.82. The van der Waals surface area contributed by atoms with Crippen LogP contribution in [0.2, 0.25) is 0 Å². The summed E-state index contributed by atoms with van der Waals surface area (Å²) < 4.78 is 0. The standard InChI is InChI=1S/C18H25NP2/c1-20(2)17-11-7-5-9-14(17)16(13-19)15-10-6-8-12-18(15)21(3)4/h5-12,16H,13,19H2,1-4H3. The molecule has 0 spiro atoms. The van der Waals surface area contributed by atoms with Crippen LogP contribution in [-0.4, -0.2) is 33.2 Å². The Morgan fingerprint density at radius 1 is 0.762 bits per heavy atom. The van der Waals surface area contributed by atoms with Crippen molar-refractivity contribution in [3.8, 4) is 0 Å². The van der Waals surface area contributed by atoms with Crippen molar-refractivity contribution >= 4 is 26.5 Å². The summed E-state index contributed by atoms with van der Waals surface area (Å²) in [6.07, 6.45) is 0. The van der Waals surface area contributed by atoms with E-state index < -0.39 is 0 Å². The van der Waals surface area contributed by atoms with Gasteiger partial charge in [-0.1, -0.05) is 64.4 Å². The smallest absolute Gasteiger partial charge is 0.0225 e. The lowest BCUT2D eigenvalue weighted by Gasteiger charge is -2.25. The van der Waals surface area contributed by atoms with Gasteiger partial charge in [-0.3, -0.25) is 0 Å². The van der Waals surface area contributed by atoms with E-state index in [1.807, 2.05) is 0 Å². The van der Waals surface area contributed by atoms with Gasteiger partial charge in [-0.2, -0.15) is 0 Å². The highest BCUT2D eigenvalue weighted by atomic mass is 31.1. The number of hydrogen-bond acceptors (Lipinski definition) is 1. The molecule has 2 aromatic rings. The van der Waals surface area contributed by atoms with Gasteiger partial charge >= 0.3 is 0 Å². The summed E-state index contributed by atoms with van der Waals surface area (Å²) in [6.45, 7) is 9.95. The molecule has 21 heavy (non-hydrogen) atoms. The number of nitrogens with two attached hydrogens (primary N) is 1. The van der Waals surface area contributed by atoms with Gasteiger partial charge in [0.05, 0.1) is 0 Å². The second-order valence-corrected chi connectivity index (χ2v) is 10.2. The Morgan fingerprint density at radius 2 is 1.14 bits per heavy atom. The topological polar surface area (TPSA) is 26.0 Å². The molecule has 2 aromatic carbocycles. The number of hydrogen-bond donors (Lipinski definition) is 1. The second kappa shape index (κ2) is 7.50. The molecule has 0 bridgehead atoms. The Labute approximate surface area is 131 Å². The fraction of sp³-hybridized carbons (Fsp3) is 0.333. The average molecular weight is 317 g/mol. The van der Waals surface area contributed by atoms with Crippen molar-refractivity contribution < 1.29 is 0 Å². The van der Waals surface area contributed by atoms with Gasteiger partial charge in [-0.25, -0.2) is 0 Å². The maximum absolute atomic E-state index is 6.19. The van der Waals surface area contributed by atoms with E-state index in [9.17, 15) is 0 Å². The third kappa shape index (κ3) is 3.72. The summed E-state index contributed by atoms with van der Waals surface area (Å²) in [5.41, 5.74) is 9.02. The minimum Gasteiger partial charge on any atom is -0.330 e. The van der Waals surface area contributed by atoms with Gasteiger partial charge in [-0.15, -0.1) is 0 Å². The SMILES string of the molecule is CP(C)c1ccccc1C(CN)c1ccccc1P(C)C. The lowest BCUT2D eigenvalue weighted by atomic mass is 9.91. The van der Waals surface area contributed by atoms with Gasteiger partial charge in [0.15, 0.2) is 0 Å². The van der Waals surface area contributed by atoms with E-state index in [0.29, 0.717) is 12.5 Å². The van der Waals surface area contributed by atoms with Crippen molar-refractivity contribution in [1.29, 1.82) is 0 Å². The average Bonchev–Trinajstić information content (AvgIpc) is 2.48. The van der Waals surface area contributed by atoms with E-state index in [-0.39, 0.29) is 15.8 Å². The summed E-state index contributed by atoms with van der Waals surface area (Å²) >= 11 is 0. The van der Waals surface area contributed by atoms with Crippen molar-refractivity contribution in [2.45, 2.75) is 5.92 Å². The van der Waals surface area contributed by atoms with Crippen LogP contribution in [0.4, 0.5) is 0 Å². The van der Waals surface area contributed by atoms with Crippen LogP contribution in [0, 0.1) is 0 Å². The highest BCUT2D eigenvalue weighted by molar-refractivity contribution is 7.64. The Hall–Kier alpha value is -0.740. The van der Waals surface area contributed by atoms with Crippen LogP contribution in [0.1, 0.15) is 17.0 Å². The molecule has 0 saturated carbocycles. The van der Waals surface area contributed by atoms with Crippen LogP contribution in [0.25, 0.3) is 0 Å². The molecule has 1 nitrogen and oxygen atoms in total. The second-order valence-electron chi connectivity index (χ2n) is 5.69. The maximum atomic E-state index is 6.19. The van der Waals surface area contributed by atoms with Gasteiger partial charge in [0.2, 0.25) is 0 Å². The van der Waals surface area contributed by atoms with Crippen LogP contribution in [-0.2, 0) is 0 Å². The molecule has 0 radical (unpaired) electrons. The molecule has 0 aromatic heterocycles. The van der Waals surface area contributed by atoms with Crippen LogP contribution >= 0.6 is 15.8 Å². The van der Waals surface area contributed by atoms with Crippen molar-refractivity contribution in [2.75, 3.05) is 33.2 Å². The summed E-state index contributed by atoms with van der Waals surface area (Å²) in [5.74, 6) is 0.312. The molecule has 0 aliphatic rings. The molecule has 3 heteroatoms. The van der Waals surface area contributed by atoms with Gasteiger partial charge < -0.3 is 5.73 Å². The lowest BCUT2D eigenvalue weighted by Crippen LogP contribution is -2.24. The molecular weight excluding hydrogens is 292 g/mol. The number of rotatable bonds is 5. The van der Waals surface area contributed by atoms with E-state index in [1.165, 1.54) is 21.7 Å². The van der Waals surface area contributed by atoms with Crippen LogP contribution in [0.5, 0.6) is 0 Å². The molecule has 0 fully saturated rings. The highest BCUT2D eigenvalue weighted by Gasteiger charge is 2.20. The summed E-state index contributed by atoms with van der Waals surface area (Å²) in [5, 5.41) is 2.96. The van der Waals surface area contributed by atoms with Crippen LogP contribution < -0.4 is 16.3 Å². The van der Waals surface area contributed by atoms with E-state index in [4.69, 9.17) is 5.73 Å². The molecule has 0 aliphatic heterocycles. The first-order valence-electron chi connectivity index (χ1n) is 7.28. The van der Waals surface area contributed by atoms with Crippen LogP contribution in [0.15, 0.2) is 48.5 Å². The third-order valence-corrected chi connectivity index (χ3v) is 6.57. The normalized spacial score (nSPS) is 11.6. The predicted molar refractivity (Wildman–Crippen MR) is 101 cm³/mol. The van der Waals surface area contributed by atoms with Gasteiger partial charge in [0.1, 0.15) is 0 Å². The van der Waals surface area contributed by atoms with Crippen molar-refractivity contribution in [3.05, 3.63) is 59.7 Å². The van der Waals surface area contributed by atoms with E-state index in [0.717, 1.165) is 0 Å². The Morgan fingerprint density at radius 3 is 1.48 bits per heavy atom. The van der Waals surface area contributed by atoms with Crippen molar-refractivity contribution in [2.24, 2.45) is 5.73 Å². The first-order chi connectivity index (χ1) is 10.1. The van der Waals surface area contributed by atoms with Crippen LogP contribution in [0.3, 0.4) is 0 Å². The van der Waals surface area contributed by atoms with Crippen molar-refractivity contribution in [1.82, 2.24) is 0 Å². The molecule has 0 atom stereocenters. The zero-order valence-corrected chi connectivity index (χ0v) is 15.2. The molecule has 0 unspecified atom stereocenters. The summed E-state index contributed by atoms with van der Waals surface area (Å²) in [6, 6.07) is 17.6. The van der Waals surface area contributed by atoms with E-state index in [2.05, 4.69) is 75.2 Å². The molecular formula is C18H25NP2. The largest absolute Gasteiger partial charge is 0.330 e. The zero-order chi connectivity index (χ0) is 15.4. The summed E-state index contributed by atoms with van der Waals surface area (Å²) in [7, 11) is -0.240. The quantitative estimate of drug-likeness (QED) is 0.839. The zero-order valence-electron chi connectivity index (χ0n) is 13.4. The van der Waals surface area contributed by atoms with Gasteiger partial charge in [0, 0.05) is 12.5 Å². The van der Waals surface area contributed by atoms with Gasteiger partial charge in [-0.05, 0) is 48.4 Å². The molecule has 2 N–H and O–H groups in total. The first-order valence-corrected chi connectivity index (χ1v) is 11.8. The van der Waals surface area contributed by atoms with E-state index in [1.54, 1.807) is 0 Å². The minimum absolute atomic E-state index is 0.120. The first kappa shape index (κ1) is 16.6. The fourth-order valence-electron chi connectivity index (χ4n) is 2.80. The Kier molecular flexibility index (Phi) is 5.94. The Bertz CT molecular complexity index is 542. The fourth-order valence-corrected chi connectivity index (χ4v) is 5.06. The highest BCUT2D eigenvalue weighted by Crippen LogP contribution is 2.34. The molecule has 112 valence electrons. The number of benzene rings is 2. The van der Waals surface area contributed by atoms with Gasteiger partial charge in [0.25, 0.3) is 0 Å². The minimum atomic E-state index is -0.120. The predicted octanol–water partition coefficient (Wildman–Crippen LogP) is 3.51. The molecule has 0 amide bonds. The van der Waals surface area contributed by atoms with E-state index >= 15 is 0 Å². The monoisotopic (exact) mass is 317 g/mol. The molecule has 0 aliphatic carbocycles. The van der Waals surface area contributed by atoms with Crippen molar-refractivity contribution in [3.63, 3.8) is 0 Å². The Balaban J connectivity index is 2.56. The maximum Gasteiger partial charge on any atom is 0.0225 e.